The highest BCUT2D eigenvalue weighted by Crippen LogP contribution is 2.35. The maximum Gasteiger partial charge on any atom is 0.273 e. The van der Waals surface area contributed by atoms with Crippen molar-refractivity contribution in [2.75, 3.05) is 0 Å². The Balaban J connectivity index is 1.40. The van der Waals surface area contributed by atoms with Crippen LogP contribution in [-0.4, -0.2) is 38.1 Å². The van der Waals surface area contributed by atoms with E-state index in [2.05, 4.69) is 26.1 Å². The van der Waals surface area contributed by atoms with Crippen LogP contribution in [0.2, 0.25) is 0 Å². The van der Waals surface area contributed by atoms with Crippen LogP contribution in [0.4, 0.5) is 0 Å². The number of thiophene rings is 1. The normalized spacial score (nSPS) is 19.6. The Morgan fingerprint density at radius 2 is 2.16 bits per heavy atom. The zero-order chi connectivity index (χ0) is 16.8. The predicted molar refractivity (Wildman–Crippen MR) is 99.0 cm³/mol. The summed E-state index contributed by atoms with van der Waals surface area (Å²) < 4.78 is 0. The molecule has 0 aliphatic heterocycles. The third kappa shape index (κ3) is 2.81. The van der Waals surface area contributed by atoms with E-state index in [4.69, 9.17) is 0 Å². The second-order valence-corrected chi connectivity index (χ2v) is 8.54. The third-order valence-corrected chi connectivity index (χ3v) is 6.90. The fraction of sp³-hybridized carbons (Fsp3) is 0.389. The van der Waals surface area contributed by atoms with E-state index in [1.807, 2.05) is 23.0 Å². The Kier molecular flexibility index (Phi) is 3.71. The van der Waals surface area contributed by atoms with E-state index in [0.717, 1.165) is 42.0 Å². The number of hydrogen-bond donors (Lipinski definition) is 1. The van der Waals surface area contributed by atoms with Crippen molar-refractivity contribution in [1.29, 1.82) is 0 Å². The van der Waals surface area contributed by atoms with Crippen LogP contribution in [0.5, 0.6) is 0 Å². The van der Waals surface area contributed by atoms with Gasteiger partial charge in [0.15, 0.2) is 0 Å². The molecule has 3 heterocycles. The third-order valence-electron chi connectivity index (χ3n) is 5.01. The number of rotatable bonds is 4. The molecule has 5 nitrogen and oxygen atoms in total. The number of H-pyrrole nitrogens is 1. The van der Waals surface area contributed by atoms with Gasteiger partial charge in [0.25, 0.3) is 5.91 Å². The van der Waals surface area contributed by atoms with Gasteiger partial charge in [0.05, 0.1) is 11.1 Å². The molecule has 0 saturated heterocycles. The lowest BCUT2D eigenvalue weighted by atomic mass is 9.92. The molecule has 0 aromatic carbocycles. The number of carbonyl (C=O) groups is 1. The predicted octanol–water partition coefficient (Wildman–Crippen LogP) is 3.76. The minimum Gasteiger partial charge on any atom is -0.331 e. The van der Waals surface area contributed by atoms with Crippen LogP contribution in [-0.2, 0) is 12.8 Å². The maximum absolute atomic E-state index is 13.2. The molecular weight excluding hydrogens is 352 g/mol. The van der Waals surface area contributed by atoms with E-state index in [1.54, 1.807) is 22.7 Å². The molecule has 1 unspecified atom stereocenters. The number of nitrogens with one attached hydrogen (secondary N) is 1. The van der Waals surface area contributed by atoms with Gasteiger partial charge in [-0.3, -0.25) is 9.89 Å². The van der Waals surface area contributed by atoms with Gasteiger partial charge < -0.3 is 4.90 Å². The standard InChI is InChI=1S/C18H18N4OS2/c23-18(15-10-25-17(20-15)16-2-1-7-24-16)22(12-3-4-12)13-5-6-14-11(8-13)9-19-21-14/h1-2,7,9-10,12-13H,3-6,8H2,(H,19,21). The summed E-state index contributed by atoms with van der Waals surface area (Å²) in [6.07, 6.45) is 7.00. The Morgan fingerprint density at radius 1 is 1.24 bits per heavy atom. The first-order valence-electron chi connectivity index (χ1n) is 8.63. The zero-order valence-electron chi connectivity index (χ0n) is 13.6. The molecule has 3 aromatic rings. The molecule has 128 valence electrons. The first-order chi connectivity index (χ1) is 12.3. The van der Waals surface area contributed by atoms with Gasteiger partial charge in [-0.05, 0) is 49.1 Å². The van der Waals surface area contributed by atoms with Crippen LogP contribution >= 0.6 is 22.7 Å². The Hall–Kier alpha value is -1.99. The molecule has 0 spiro atoms. The lowest BCUT2D eigenvalue weighted by Gasteiger charge is -2.34. The number of hydrogen-bond acceptors (Lipinski definition) is 5. The molecule has 7 heteroatoms. The highest BCUT2D eigenvalue weighted by atomic mass is 32.1. The molecule has 1 atom stereocenters. The second kappa shape index (κ2) is 6.07. The molecule has 1 amide bonds. The number of amides is 1. The summed E-state index contributed by atoms with van der Waals surface area (Å²) in [4.78, 5) is 21.1. The minimum atomic E-state index is 0.0958. The van der Waals surface area contributed by atoms with Crippen molar-refractivity contribution >= 4 is 28.6 Å². The summed E-state index contributed by atoms with van der Waals surface area (Å²) in [6, 6.07) is 4.72. The molecule has 2 aliphatic rings. The van der Waals surface area contributed by atoms with Crippen molar-refractivity contribution in [3.05, 3.63) is 46.0 Å². The Labute approximate surface area is 153 Å². The van der Waals surface area contributed by atoms with E-state index < -0.39 is 0 Å². The average molecular weight is 371 g/mol. The summed E-state index contributed by atoms with van der Waals surface area (Å²) in [5, 5.41) is 12.1. The fourth-order valence-electron chi connectivity index (χ4n) is 3.63. The number of aromatic nitrogens is 3. The smallest absolute Gasteiger partial charge is 0.273 e. The monoisotopic (exact) mass is 370 g/mol. The molecule has 3 aromatic heterocycles. The molecule has 1 saturated carbocycles. The molecule has 0 radical (unpaired) electrons. The summed E-state index contributed by atoms with van der Waals surface area (Å²) >= 11 is 3.22. The molecule has 25 heavy (non-hydrogen) atoms. The SMILES string of the molecule is O=C(c1csc(-c2cccs2)n1)N(C1CC1)C1CCc2[nH]ncc2C1. The van der Waals surface area contributed by atoms with E-state index in [1.165, 1.54) is 11.3 Å². The second-order valence-electron chi connectivity index (χ2n) is 6.73. The van der Waals surface area contributed by atoms with Crippen LogP contribution in [0.25, 0.3) is 9.88 Å². The highest BCUT2D eigenvalue weighted by Gasteiger charge is 2.40. The van der Waals surface area contributed by atoms with Crippen LogP contribution < -0.4 is 0 Å². The van der Waals surface area contributed by atoms with Crippen LogP contribution in [0.3, 0.4) is 0 Å². The number of fused-ring (bicyclic) bond motifs is 1. The van der Waals surface area contributed by atoms with Crippen molar-refractivity contribution in [2.45, 2.75) is 44.2 Å². The Bertz CT molecular complexity index is 894. The van der Waals surface area contributed by atoms with Gasteiger partial charge in [0, 0.05) is 23.2 Å². The summed E-state index contributed by atoms with van der Waals surface area (Å²) in [7, 11) is 0. The first-order valence-corrected chi connectivity index (χ1v) is 10.4. The highest BCUT2D eigenvalue weighted by molar-refractivity contribution is 7.20. The van der Waals surface area contributed by atoms with Crippen LogP contribution in [0.15, 0.2) is 29.1 Å². The van der Waals surface area contributed by atoms with E-state index in [-0.39, 0.29) is 11.9 Å². The van der Waals surface area contributed by atoms with Crippen LogP contribution in [0.1, 0.15) is 41.0 Å². The number of aromatic amines is 1. The molecule has 5 rings (SSSR count). The molecular formula is C18H18N4OS2. The lowest BCUT2D eigenvalue weighted by molar-refractivity contribution is 0.0637. The van der Waals surface area contributed by atoms with Gasteiger partial charge in [0.1, 0.15) is 10.7 Å². The van der Waals surface area contributed by atoms with Gasteiger partial charge in [-0.15, -0.1) is 22.7 Å². The summed E-state index contributed by atoms with van der Waals surface area (Å²) in [6.45, 7) is 0. The zero-order valence-corrected chi connectivity index (χ0v) is 15.3. The average Bonchev–Trinajstić information content (AvgIpc) is 3.09. The van der Waals surface area contributed by atoms with Gasteiger partial charge in [-0.25, -0.2) is 4.98 Å². The fourth-order valence-corrected chi connectivity index (χ4v) is 5.24. The van der Waals surface area contributed by atoms with Gasteiger partial charge in [-0.1, -0.05) is 6.07 Å². The van der Waals surface area contributed by atoms with Crippen molar-refractivity contribution < 1.29 is 4.79 Å². The lowest BCUT2D eigenvalue weighted by Crippen LogP contribution is -2.45. The molecule has 1 N–H and O–H groups in total. The number of thiazole rings is 1. The van der Waals surface area contributed by atoms with Crippen molar-refractivity contribution in [1.82, 2.24) is 20.1 Å². The van der Waals surface area contributed by atoms with E-state index in [0.29, 0.717) is 11.7 Å². The summed E-state index contributed by atoms with van der Waals surface area (Å²) in [5.74, 6) is 0.0958. The topological polar surface area (TPSA) is 61.9 Å². The van der Waals surface area contributed by atoms with E-state index in [9.17, 15) is 4.79 Å². The van der Waals surface area contributed by atoms with E-state index >= 15 is 0 Å². The molecule has 0 bridgehead atoms. The quantitative estimate of drug-likeness (QED) is 0.761. The van der Waals surface area contributed by atoms with Crippen LogP contribution in [0, 0.1) is 0 Å². The maximum atomic E-state index is 13.2. The van der Waals surface area contributed by atoms with Gasteiger partial charge >= 0.3 is 0 Å². The summed E-state index contributed by atoms with van der Waals surface area (Å²) in [5.41, 5.74) is 3.08. The van der Waals surface area contributed by atoms with Crippen molar-refractivity contribution in [3.8, 4) is 9.88 Å². The van der Waals surface area contributed by atoms with Gasteiger partial charge in [-0.2, -0.15) is 5.10 Å². The van der Waals surface area contributed by atoms with Crippen molar-refractivity contribution in [3.63, 3.8) is 0 Å². The van der Waals surface area contributed by atoms with Crippen molar-refractivity contribution in [2.24, 2.45) is 0 Å². The number of nitrogens with zero attached hydrogens (tertiary/aromatic N) is 3. The van der Waals surface area contributed by atoms with Gasteiger partial charge in [0.2, 0.25) is 0 Å². The minimum absolute atomic E-state index is 0.0958. The Morgan fingerprint density at radius 3 is 2.96 bits per heavy atom. The molecule has 2 aliphatic carbocycles. The largest absolute Gasteiger partial charge is 0.331 e. The molecule has 1 fully saturated rings. The first kappa shape index (κ1) is 15.3. The number of carbonyl (C=O) groups excluding carboxylic acids is 1. The number of aryl methyl sites for hydroxylation is 1.